The van der Waals surface area contributed by atoms with Crippen molar-refractivity contribution in [2.75, 3.05) is 5.32 Å². The Morgan fingerprint density at radius 2 is 1.90 bits per heavy atom. The third-order valence-corrected chi connectivity index (χ3v) is 2.77. The van der Waals surface area contributed by atoms with E-state index in [1.807, 2.05) is 6.07 Å². The fourth-order valence-electron chi connectivity index (χ4n) is 1.82. The zero-order chi connectivity index (χ0) is 14.4. The summed E-state index contributed by atoms with van der Waals surface area (Å²) in [4.78, 5) is 22.7. The number of para-hydroxylation sites is 1. The van der Waals surface area contributed by atoms with Crippen LogP contribution in [0.5, 0.6) is 5.75 Å². The molecule has 2 aromatic carbocycles. The molecule has 1 amide bonds. The molecule has 0 aliphatic heterocycles. The standard InChI is InChI=1S/C15H14N2O3/c16-9-12-7-4-8-13(14(12)20-10-18)17-15(19)11-5-2-1-3-6-11/h1-8,10H,9,16H2,(H,17,19). The molecule has 0 aliphatic carbocycles. The van der Waals surface area contributed by atoms with Gasteiger partial charge in [-0.15, -0.1) is 0 Å². The molecule has 102 valence electrons. The first-order chi connectivity index (χ1) is 9.76. The number of hydrogen-bond acceptors (Lipinski definition) is 4. The molecule has 5 nitrogen and oxygen atoms in total. The molecule has 0 saturated carbocycles. The van der Waals surface area contributed by atoms with E-state index in [1.165, 1.54) is 0 Å². The van der Waals surface area contributed by atoms with Gasteiger partial charge in [0, 0.05) is 17.7 Å². The van der Waals surface area contributed by atoms with E-state index in [9.17, 15) is 9.59 Å². The van der Waals surface area contributed by atoms with Crippen molar-refractivity contribution >= 4 is 18.1 Å². The van der Waals surface area contributed by atoms with Crippen molar-refractivity contribution < 1.29 is 14.3 Å². The third kappa shape index (κ3) is 3.02. The number of carbonyl (C=O) groups excluding carboxylic acids is 2. The largest absolute Gasteiger partial charge is 0.426 e. The maximum absolute atomic E-state index is 12.1. The summed E-state index contributed by atoms with van der Waals surface area (Å²) in [5.41, 5.74) is 7.15. The van der Waals surface area contributed by atoms with Crippen molar-refractivity contribution in [3.8, 4) is 5.75 Å². The van der Waals surface area contributed by atoms with E-state index in [0.717, 1.165) is 0 Å². The number of nitrogens with two attached hydrogens (primary N) is 1. The minimum atomic E-state index is -0.282. The number of amides is 1. The van der Waals surface area contributed by atoms with Gasteiger partial charge in [0.1, 0.15) is 0 Å². The zero-order valence-electron chi connectivity index (χ0n) is 10.7. The average molecular weight is 270 g/mol. The van der Waals surface area contributed by atoms with Gasteiger partial charge in [0.2, 0.25) is 0 Å². The second-order valence-electron chi connectivity index (χ2n) is 4.03. The lowest BCUT2D eigenvalue weighted by Gasteiger charge is -2.12. The SMILES string of the molecule is NCc1cccc(NC(=O)c2ccccc2)c1OC=O. The molecule has 20 heavy (non-hydrogen) atoms. The normalized spacial score (nSPS) is 9.85. The van der Waals surface area contributed by atoms with E-state index >= 15 is 0 Å². The number of carbonyl (C=O) groups is 2. The highest BCUT2D eigenvalue weighted by Gasteiger charge is 2.12. The van der Waals surface area contributed by atoms with Crippen molar-refractivity contribution in [3.05, 3.63) is 59.7 Å². The van der Waals surface area contributed by atoms with Crippen LogP contribution in [0.1, 0.15) is 15.9 Å². The number of hydrogen-bond donors (Lipinski definition) is 2. The Balaban J connectivity index is 2.29. The quantitative estimate of drug-likeness (QED) is 0.813. The molecule has 0 aliphatic rings. The van der Waals surface area contributed by atoms with Crippen molar-refractivity contribution in [1.82, 2.24) is 0 Å². The van der Waals surface area contributed by atoms with Crippen LogP contribution in [0.2, 0.25) is 0 Å². The smallest absolute Gasteiger partial charge is 0.298 e. The Morgan fingerprint density at radius 3 is 2.55 bits per heavy atom. The van der Waals surface area contributed by atoms with Gasteiger partial charge < -0.3 is 15.8 Å². The number of nitrogens with one attached hydrogen (secondary N) is 1. The molecule has 0 fully saturated rings. The van der Waals surface area contributed by atoms with Crippen molar-refractivity contribution in [2.45, 2.75) is 6.54 Å². The predicted molar refractivity (Wildman–Crippen MR) is 75.4 cm³/mol. The number of ether oxygens (including phenoxy) is 1. The summed E-state index contributed by atoms with van der Waals surface area (Å²) in [6, 6.07) is 13.9. The molecule has 0 heterocycles. The highest BCUT2D eigenvalue weighted by atomic mass is 16.5. The van der Waals surface area contributed by atoms with Gasteiger partial charge in [0.25, 0.3) is 12.4 Å². The second-order valence-corrected chi connectivity index (χ2v) is 4.03. The van der Waals surface area contributed by atoms with E-state index in [4.69, 9.17) is 10.5 Å². The van der Waals surface area contributed by atoms with Crippen LogP contribution >= 0.6 is 0 Å². The predicted octanol–water partition coefficient (Wildman–Crippen LogP) is 1.93. The molecule has 0 saturated heterocycles. The molecular weight excluding hydrogens is 256 g/mol. The van der Waals surface area contributed by atoms with Crippen LogP contribution in [0.3, 0.4) is 0 Å². The summed E-state index contributed by atoms with van der Waals surface area (Å²) in [5.74, 6) is -0.00944. The summed E-state index contributed by atoms with van der Waals surface area (Å²) < 4.78 is 4.92. The van der Waals surface area contributed by atoms with Crippen molar-refractivity contribution in [2.24, 2.45) is 5.73 Å². The first-order valence-electron chi connectivity index (χ1n) is 6.05. The average Bonchev–Trinajstić information content (AvgIpc) is 2.50. The topological polar surface area (TPSA) is 81.4 Å². The summed E-state index contributed by atoms with van der Waals surface area (Å²) >= 11 is 0. The van der Waals surface area contributed by atoms with Crippen LogP contribution in [-0.4, -0.2) is 12.4 Å². The van der Waals surface area contributed by atoms with Gasteiger partial charge in [-0.05, 0) is 18.2 Å². The molecule has 0 atom stereocenters. The Hall–Kier alpha value is -2.66. The van der Waals surface area contributed by atoms with E-state index in [0.29, 0.717) is 23.3 Å². The van der Waals surface area contributed by atoms with Crippen LogP contribution in [-0.2, 0) is 11.3 Å². The molecule has 3 N–H and O–H groups in total. The van der Waals surface area contributed by atoms with Gasteiger partial charge in [-0.25, -0.2) is 0 Å². The maximum atomic E-state index is 12.1. The van der Waals surface area contributed by atoms with Gasteiger partial charge in [-0.3, -0.25) is 9.59 Å². The summed E-state index contributed by atoms with van der Waals surface area (Å²) in [5, 5.41) is 2.71. The fraction of sp³-hybridized carbons (Fsp3) is 0.0667. The fourth-order valence-corrected chi connectivity index (χ4v) is 1.82. The summed E-state index contributed by atoms with van der Waals surface area (Å²) in [7, 11) is 0. The molecule has 0 aromatic heterocycles. The monoisotopic (exact) mass is 270 g/mol. The Morgan fingerprint density at radius 1 is 1.15 bits per heavy atom. The minimum absolute atomic E-state index is 0.207. The Bertz CT molecular complexity index is 612. The summed E-state index contributed by atoms with van der Waals surface area (Å²) in [6.07, 6.45) is 0. The van der Waals surface area contributed by atoms with Crippen LogP contribution in [0.15, 0.2) is 48.5 Å². The van der Waals surface area contributed by atoms with Gasteiger partial charge in [0.15, 0.2) is 5.75 Å². The Kier molecular flexibility index (Phi) is 4.47. The van der Waals surface area contributed by atoms with Gasteiger partial charge in [0.05, 0.1) is 5.69 Å². The maximum Gasteiger partial charge on any atom is 0.298 e. The van der Waals surface area contributed by atoms with Gasteiger partial charge in [-0.2, -0.15) is 0 Å². The molecule has 0 unspecified atom stereocenters. The second kappa shape index (κ2) is 6.49. The van der Waals surface area contributed by atoms with Gasteiger partial charge >= 0.3 is 0 Å². The van der Waals surface area contributed by atoms with E-state index < -0.39 is 0 Å². The highest BCUT2D eigenvalue weighted by molar-refractivity contribution is 6.05. The van der Waals surface area contributed by atoms with E-state index in [2.05, 4.69) is 5.32 Å². The van der Waals surface area contributed by atoms with Crippen LogP contribution < -0.4 is 15.8 Å². The first-order valence-corrected chi connectivity index (χ1v) is 6.05. The minimum Gasteiger partial charge on any atom is -0.426 e. The lowest BCUT2D eigenvalue weighted by molar-refractivity contribution is -0.120. The molecule has 5 heteroatoms. The lowest BCUT2D eigenvalue weighted by Crippen LogP contribution is -2.13. The van der Waals surface area contributed by atoms with Crippen LogP contribution in [0.4, 0.5) is 5.69 Å². The first kappa shape index (κ1) is 13.8. The third-order valence-electron chi connectivity index (χ3n) is 2.77. The van der Waals surface area contributed by atoms with Crippen molar-refractivity contribution in [1.29, 1.82) is 0 Å². The molecule has 0 radical (unpaired) electrons. The van der Waals surface area contributed by atoms with Crippen LogP contribution in [0.25, 0.3) is 0 Å². The molecule has 0 spiro atoms. The highest BCUT2D eigenvalue weighted by Crippen LogP contribution is 2.28. The number of anilines is 1. The summed E-state index contributed by atoms with van der Waals surface area (Å²) in [6.45, 7) is 0.519. The molecule has 2 rings (SSSR count). The number of benzene rings is 2. The van der Waals surface area contributed by atoms with Crippen LogP contribution in [0, 0.1) is 0 Å². The molecular formula is C15H14N2O3. The van der Waals surface area contributed by atoms with Crippen molar-refractivity contribution in [3.63, 3.8) is 0 Å². The molecule has 0 bridgehead atoms. The van der Waals surface area contributed by atoms with E-state index in [-0.39, 0.29) is 18.2 Å². The molecule has 2 aromatic rings. The zero-order valence-corrected chi connectivity index (χ0v) is 10.7. The Labute approximate surface area is 116 Å². The lowest BCUT2D eigenvalue weighted by atomic mass is 10.1. The van der Waals surface area contributed by atoms with E-state index in [1.54, 1.807) is 42.5 Å². The number of rotatable bonds is 5. The van der Waals surface area contributed by atoms with Gasteiger partial charge in [-0.1, -0.05) is 30.3 Å².